The smallest absolute Gasteiger partial charge is 0.307 e. The van der Waals surface area contributed by atoms with Gasteiger partial charge in [-0.2, -0.15) is 0 Å². The number of alkyl halides is 1. The van der Waals surface area contributed by atoms with Gasteiger partial charge in [-0.25, -0.2) is 0 Å². The summed E-state index contributed by atoms with van der Waals surface area (Å²) in [6.07, 6.45) is 2.38. The number of benzene rings is 1. The molecule has 0 N–H and O–H groups in total. The Balaban J connectivity index is 2.42. The predicted molar refractivity (Wildman–Crippen MR) is 63.7 cm³/mol. The van der Waals surface area contributed by atoms with E-state index in [4.69, 9.17) is 4.74 Å². The van der Waals surface area contributed by atoms with Gasteiger partial charge in [-0.15, -0.1) is 0 Å². The Labute approximate surface area is 98.8 Å². The molecule has 0 aliphatic rings. The Hall–Kier alpha value is -0.830. The van der Waals surface area contributed by atoms with Crippen molar-refractivity contribution in [1.29, 1.82) is 0 Å². The van der Waals surface area contributed by atoms with Crippen molar-refractivity contribution in [3.05, 3.63) is 35.9 Å². The van der Waals surface area contributed by atoms with Crippen LogP contribution in [0.15, 0.2) is 30.3 Å². The molecule has 0 aliphatic carbocycles. The molecule has 0 amide bonds. The van der Waals surface area contributed by atoms with E-state index in [0.29, 0.717) is 6.42 Å². The van der Waals surface area contributed by atoms with Crippen molar-refractivity contribution < 1.29 is 9.53 Å². The molecule has 0 saturated heterocycles. The molecule has 0 aliphatic heterocycles. The Bertz CT molecular complexity index is 298. The molecule has 1 aromatic rings. The summed E-state index contributed by atoms with van der Waals surface area (Å²) in [5, 5.41) is -0.331. The Morgan fingerprint density at radius 3 is 2.67 bits per heavy atom. The number of hydrogen-bond donors (Lipinski definition) is 0. The highest BCUT2D eigenvalue weighted by Gasteiger charge is 2.11. The first kappa shape index (κ1) is 12.2. The van der Waals surface area contributed by atoms with Gasteiger partial charge in [-0.05, 0) is 22.4 Å². The maximum atomic E-state index is 11.3. The molecule has 0 bridgehead atoms. The van der Waals surface area contributed by atoms with Crippen molar-refractivity contribution in [3.63, 3.8) is 0 Å². The van der Waals surface area contributed by atoms with E-state index in [1.165, 1.54) is 0 Å². The molecular weight excluding hydrogens is 256 g/mol. The number of rotatable bonds is 5. The summed E-state index contributed by atoms with van der Waals surface area (Å²) in [4.78, 5) is 11.3. The van der Waals surface area contributed by atoms with Gasteiger partial charge in [0.25, 0.3) is 0 Å². The molecule has 2 nitrogen and oxygen atoms in total. The summed E-state index contributed by atoms with van der Waals surface area (Å²) in [5.74, 6) is -0.150. The first-order valence-corrected chi connectivity index (χ1v) is 6.04. The minimum atomic E-state index is -0.331. The first-order chi connectivity index (χ1) is 7.24. The third kappa shape index (κ3) is 4.47. The zero-order valence-electron chi connectivity index (χ0n) is 8.78. The van der Waals surface area contributed by atoms with Gasteiger partial charge in [0.05, 0.1) is 0 Å². The lowest BCUT2D eigenvalue weighted by atomic mass is 10.2. The van der Waals surface area contributed by atoms with E-state index in [-0.39, 0.29) is 11.0 Å². The molecule has 1 unspecified atom stereocenters. The maximum Gasteiger partial charge on any atom is 0.307 e. The molecule has 0 radical (unpaired) electrons. The van der Waals surface area contributed by atoms with Crippen molar-refractivity contribution in [2.24, 2.45) is 0 Å². The number of carbonyl (C=O) groups is 1. The number of carbonyl (C=O) groups excluding carboxylic acids is 1. The number of unbranched alkanes of at least 4 members (excludes halogenated alkanes) is 1. The third-order valence-electron chi connectivity index (χ3n) is 2.03. The monoisotopic (exact) mass is 270 g/mol. The summed E-state index contributed by atoms with van der Waals surface area (Å²) in [6.45, 7) is 2.05. The average molecular weight is 271 g/mol. The molecule has 3 heteroatoms. The predicted octanol–water partition coefficient (Wildman–Crippen LogP) is 3.81. The topological polar surface area (TPSA) is 26.3 Å². The number of ether oxygens (including phenoxy) is 1. The molecule has 0 heterocycles. The fourth-order valence-electron chi connectivity index (χ4n) is 1.17. The fourth-order valence-corrected chi connectivity index (χ4v) is 1.68. The third-order valence-corrected chi connectivity index (χ3v) is 2.75. The lowest BCUT2D eigenvalue weighted by Gasteiger charge is -2.11. The van der Waals surface area contributed by atoms with Gasteiger partial charge in [0.15, 0.2) is 5.01 Å². The summed E-state index contributed by atoms with van der Waals surface area (Å²) in [7, 11) is 0. The molecular formula is C12H15BrO2. The first-order valence-electron chi connectivity index (χ1n) is 5.12. The molecule has 0 aromatic heterocycles. The number of esters is 1. The van der Waals surface area contributed by atoms with Crippen LogP contribution < -0.4 is 0 Å². The lowest BCUT2D eigenvalue weighted by Crippen LogP contribution is -2.06. The molecule has 82 valence electrons. The van der Waals surface area contributed by atoms with E-state index in [2.05, 4.69) is 22.9 Å². The number of hydrogen-bond acceptors (Lipinski definition) is 2. The molecule has 1 rings (SSSR count). The second-order valence-electron chi connectivity index (χ2n) is 3.32. The van der Waals surface area contributed by atoms with Crippen LogP contribution >= 0.6 is 15.9 Å². The Morgan fingerprint density at radius 1 is 1.40 bits per heavy atom. The summed E-state index contributed by atoms with van der Waals surface area (Å²) >= 11 is 3.34. The van der Waals surface area contributed by atoms with Crippen molar-refractivity contribution in [3.8, 4) is 0 Å². The highest BCUT2D eigenvalue weighted by atomic mass is 79.9. The lowest BCUT2D eigenvalue weighted by molar-refractivity contribution is -0.145. The van der Waals surface area contributed by atoms with Gasteiger partial charge in [-0.3, -0.25) is 4.79 Å². The van der Waals surface area contributed by atoms with Crippen LogP contribution in [0.4, 0.5) is 0 Å². The van der Waals surface area contributed by atoms with E-state index in [0.717, 1.165) is 18.4 Å². The number of halogens is 1. The van der Waals surface area contributed by atoms with Crippen LogP contribution in [0.1, 0.15) is 36.8 Å². The van der Waals surface area contributed by atoms with Gasteiger partial charge in [0.2, 0.25) is 0 Å². The largest absolute Gasteiger partial charge is 0.446 e. The van der Waals surface area contributed by atoms with Crippen LogP contribution in [0.25, 0.3) is 0 Å². The molecule has 15 heavy (non-hydrogen) atoms. The van der Waals surface area contributed by atoms with Crippen molar-refractivity contribution in [1.82, 2.24) is 0 Å². The van der Waals surface area contributed by atoms with Gasteiger partial charge in [-0.1, -0.05) is 43.7 Å². The zero-order valence-corrected chi connectivity index (χ0v) is 10.4. The minimum absolute atomic E-state index is 0.150. The van der Waals surface area contributed by atoms with Gasteiger partial charge in [0.1, 0.15) is 0 Å². The van der Waals surface area contributed by atoms with Crippen molar-refractivity contribution >= 4 is 21.9 Å². The molecule has 1 atom stereocenters. The second-order valence-corrected chi connectivity index (χ2v) is 4.15. The van der Waals surface area contributed by atoms with E-state index < -0.39 is 0 Å². The second kappa shape index (κ2) is 6.62. The highest BCUT2D eigenvalue weighted by Crippen LogP contribution is 2.24. The van der Waals surface area contributed by atoms with E-state index in [1.807, 2.05) is 30.3 Å². The molecule has 0 saturated carbocycles. The van der Waals surface area contributed by atoms with Crippen LogP contribution in [0.3, 0.4) is 0 Å². The molecule has 0 fully saturated rings. The van der Waals surface area contributed by atoms with Gasteiger partial charge < -0.3 is 4.74 Å². The van der Waals surface area contributed by atoms with Crippen LogP contribution in [0, 0.1) is 0 Å². The standard InChI is InChI=1S/C12H15BrO2/c1-2-3-9-11(14)15-12(13)10-7-5-4-6-8-10/h4-8,12H,2-3,9H2,1H3. The molecule has 1 aromatic carbocycles. The van der Waals surface area contributed by atoms with E-state index in [9.17, 15) is 4.79 Å². The quantitative estimate of drug-likeness (QED) is 0.601. The zero-order chi connectivity index (χ0) is 11.1. The summed E-state index contributed by atoms with van der Waals surface area (Å²) in [5.41, 5.74) is 0.961. The van der Waals surface area contributed by atoms with E-state index >= 15 is 0 Å². The van der Waals surface area contributed by atoms with Crippen LogP contribution in [-0.4, -0.2) is 5.97 Å². The average Bonchev–Trinajstić information content (AvgIpc) is 2.27. The Morgan fingerprint density at radius 2 is 2.07 bits per heavy atom. The highest BCUT2D eigenvalue weighted by molar-refractivity contribution is 9.09. The van der Waals surface area contributed by atoms with Crippen molar-refractivity contribution in [2.75, 3.05) is 0 Å². The van der Waals surface area contributed by atoms with Gasteiger partial charge in [0, 0.05) is 12.0 Å². The SMILES string of the molecule is CCCCC(=O)OC(Br)c1ccccc1. The van der Waals surface area contributed by atoms with Crippen molar-refractivity contribution in [2.45, 2.75) is 31.2 Å². The van der Waals surface area contributed by atoms with E-state index in [1.54, 1.807) is 0 Å². The van der Waals surface area contributed by atoms with Crippen LogP contribution in [0.5, 0.6) is 0 Å². The van der Waals surface area contributed by atoms with Gasteiger partial charge >= 0.3 is 5.97 Å². The normalized spacial score (nSPS) is 12.1. The fraction of sp³-hybridized carbons (Fsp3) is 0.417. The minimum Gasteiger partial charge on any atom is -0.446 e. The van der Waals surface area contributed by atoms with Crippen LogP contribution in [0.2, 0.25) is 0 Å². The summed E-state index contributed by atoms with van der Waals surface area (Å²) in [6, 6.07) is 9.62. The van der Waals surface area contributed by atoms with Crippen LogP contribution in [-0.2, 0) is 9.53 Å². The maximum absolute atomic E-state index is 11.3. The molecule has 0 spiro atoms. The Kier molecular flexibility index (Phi) is 5.40. The summed E-state index contributed by atoms with van der Waals surface area (Å²) < 4.78 is 5.22.